The van der Waals surface area contributed by atoms with Crippen LogP contribution in [-0.4, -0.2) is 29.0 Å². The number of aromatic amines is 1. The van der Waals surface area contributed by atoms with Crippen LogP contribution in [0.1, 0.15) is 24.0 Å². The lowest BCUT2D eigenvalue weighted by molar-refractivity contribution is 0.311. The number of ether oxygens (including phenoxy) is 3. The van der Waals surface area contributed by atoms with Gasteiger partial charge in [-0.3, -0.25) is 5.10 Å². The monoisotopic (exact) mass is 404 g/mol. The van der Waals surface area contributed by atoms with E-state index in [1.807, 2.05) is 25.1 Å². The van der Waals surface area contributed by atoms with Gasteiger partial charge in [-0.1, -0.05) is 12.1 Å². The van der Waals surface area contributed by atoms with E-state index in [4.69, 9.17) is 19.9 Å². The first-order chi connectivity index (χ1) is 14.6. The Labute approximate surface area is 173 Å². The van der Waals surface area contributed by atoms with E-state index in [1.54, 1.807) is 31.4 Å². The highest BCUT2D eigenvalue weighted by molar-refractivity contribution is 5.73. The molecular formula is C22H20N4O4. The van der Waals surface area contributed by atoms with E-state index in [1.165, 1.54) is 0 Å². The average Bonchev–Trinajstić information content (AvgIpc) is 3.17. The van der Waals surface area contributed by atoms with Crippen molar-refractivity contribution in [2.24, 2.45) is 5.73 Å². The van der Waals surface area contributed by atoms with Crippen LogP contribution < -0.4 is 19.9 Å². The summed E-state index contributed by atoms with van der Waals surface area (Å²) in [5, 5.41) is 26.7. The first kappa shape index (κ1) is 19.2. The van der Waals surface area contributed by atoms with Gasteiger partial charge in [-0.2, -0.15) is 5.26 Å². The zero-order chi connectivity index (χ0) is 21.3. The van der Waals surface area contributed by atoms with Crippen molar-refractivity contribution in [2.45, 2.75) is 12.8 Å². The van der Waals surface area contributed by atoms with Gasteiger partial charge in [0, 0.05) is 5.56 Å². The van der Waals surface area contributed by atoms with Crippen LogP contribution in [0.25, 0.3) is 11.3 Å². The number of benzene rings is 2. The minimum absolute atomic E-state index is 0.00500. The molecule has 0 unspecified atom stereocenters. The summed E-state index contributed by atoms with van der Waals surface area (Å²) >= 11 is 0. The van der Waals surface area contributed by atoms with Gasteiger partial charge in [0.25, 0.3) is 0 Å². The fourth-order valence-corrected chi connectivity index (χ4v) is 3.56. The summed E-state index contributed by atoms with van der Waals surface area (Å²) in [6, 6.07) is 14.3. The van der Waals surface area contributed by atoms with Gasteiger partial charge >= 0.3 is 0 Å². The average molecular weight is 404 g/mol. The Hall–Kier alpha value is -4.12. The van der Waals surface area contributed by atoms with Crippen LogP contribution in [0.4, 0.5) is 0 Å². The van der Waals surface area contributed by atoms with Gasteiger partial charge in [-0.05, 0) is 42.8 Å². The Morgan fingerprint density at radius 2 is 2.00 bits per heavy atom. The molecule has 0 saturated carbocycles. The number of hydrogen-bond donors (Lipinski definition) is 3. The van der Waals surface area contributed by atoms with Gasteiger partial charge in [-0.25, -0.2) is 0 Å². The molecule has 0 bridgehead atoms. The molecule has 152 valence electrons. The molecular weight excluding hydrogens is 384 g/mol. The van der Waals surface area contributed by atoms with E-state index in [9.17, 15) is 10.4 Å². The number of nitrogens with zero attached hydrogens (tertiary/aromatic N) is 2. The summed E-state index contributed by atoms with van der Waals surface area (Å²) < 4.78 is 16.7. The first-order valence-electron chi connectivity index (χ1n) is 9.33. The number of allylic oxidation sites excluding steroid dienone is 1. The van der Waals surface area contributed by atoms with Crippen molar-refractivity contribution in [1.82, 2.24) is 10.2 Å². The topological polar surface area (TPSA) is 126 Å². The largest absolute Gasteiger partial charge is 0.508 e. The third kappa shape index (κ3) is 3.16. The molecule has 2 heterocycles. The van der Waals surface area contributed by atoms with Crippen molar-refractivity contribution in [3.05, 3.63) is 65.0 Å². The number of nitrogens with one attached hydrogen (secondary N) is 1. The fourth-order valence-electron chi connectivity index (χ4n) is 3.56. The van der Waals surface area contributed by atoms with Crippen molar-refractivity contribution >= 4 is 0 Å². The van der Waals surface area contributed by atoms with E-state index in [0.29, 0.717) is 35.2 Å². The molecule has 30 heavy (non-hydrogen) atoms. The molecule has 8 nitrogen and oxygen atoms in total. The number of nitriles is 1. The second kappa shape index (κ2) is 7.72. The van der Waals surface area contributed by atoms with Gasteiger partial charge in [0.05, 0.1) is 30.9 Å². The van der Waals surface area contributed by atoms with Gasteiger partial charge in [-0.15, -0.1) is 5.10 Å². The number of methoxy groups -OCH3 is 1. The van der Waals surface area contributed by atoms with Crippen LogP contribution in [-0.2, 0) is 0 Å². The molecule has 1 aromatic heterocycles. The number of hydrogen-bond acceptors (Lipinski definition) is 7. The predicted molar refractivity (Wildman–Crippen MR) is 109 cm³/mol. The molecule has 0 radical (unpaired) electrons. The van der Waals surface area contributed by atoms with Crippen molar-refractivity contribution in [3.63, 3.8) is 0 Å². The smallest absolute Gasteiger partial charge is 0.244 e. The minimum atomic E-state index is -0.509. The first-order valence-corrected chi connectivity index (χ1v) is 9.33. The Bertz CT molecular complexity index is 1160. The summed E-state index contributed by atoms with van der Waals surface area (Å²) in [6.07, 6.45) is 0. The van der Waals surface area contributed by atoms with Gasteiger partial charge in [0.2, 0.25) is 11.8 Å². The number of rotatable bonds is 5. The molecule has 1 aliphatic rings. The second-order valence-electron chi connectivity index (χ2n) is 6.63. The number of aromatic nitrogens is 2. The molecule has 0 fully saturated rings. The number of H-pyrrole nitrogens is 1. The van der Waals surface area contributed by atoms with E-state index in [-0.39, 0.29) is 17.2 Å². The SMILES string of the molecule is CCOc1ccc(-c2[nH]nc3c2[C@@H](c2ccc(O)cc2)C(C#N)=C(N)O3)cc1OC. The Morgan fingerprint density at radius 3 is 2.67 bits per heavy atom. The molecule has 0 amide bonds. The van der Waals surface area contributed by atoms with Crippen molar-refractivity contribution < 1.29 is 19.3 Å². The lowest BCUT2D eigenvalue weighted by atomic mass is 9.83. The van der Waals surface area contributed by atoms with Crippen LogP contribution in [0.2, 0.25) is 0 Å². The normalized spacial score (nSPS) is 15.2. The highest BCUT2D eigenvalue weighted by Crippen LogP contribution is 2.46. The molecule has 0 aliphatic carbocycles. The Kier molecular flexibility index (Phi) is 4.94. The summed E-state index contributed by atoms with van der Waals surface area (Å²) in [7, 11) is 1.57. The molecule has 4 rings (SSSR count). The summed E-state index contributed by atoms with van der Waals surface area (Å²) in [4.78, 5) is 0. The molecule has 4 N–H and O–H groups in total. The van der Waals surface area contributed by atoms with Crippen LogP contribution in [0.15, 0.2) is 53.9 Å². The van der Waals surface area contributed by atoms with E-state index < -0.39 is 5.92 Å². The maximum absolute atomic E-state index is 9.77. The van der Waals surface area contributed by atoms with E-state index in [0.717, 1.165) is 11.1 Å². The quantitative estimate of drug-likeness (QED) is 0.595. The van der Waals surface area contributed by atoms with Crippen LogP contribution >= 0.6 is 0 Å². The molecule has 8 heteroatoms. The molecule has 0 saturated heterocycles. The number of aromatic hydroxyl groups is 1. The predicted octanol–water partition coefficient (Wildman–Crippen LogP) is 3.41. The number of phenols is 1. The lowest BCUT2D eigenvalue weighted by Gasteiger charge is -2.24. The number of phenolic OH excluding ortho intramolecular Hbond substituents is 1. The fraction of sp³-hybridized carbons (Fsp3) is 0.182. The minimum Gasteiger partial charge on any atom is -0.508 e. The van der Waals surface area contributed by atoms with Crippen molar-refractivity contribution in [3.8, 4) is 40.5 Å². The molecule has 1 aliphatic heterocycles. The summed E-state index contributed by atoms with van der Waals surface area (Å²) in [5.74, 6) is 1.13. The standard InChI is InChI=1S/C22H20N4O4/c1-3-29-16-9-6-13(10-17(16)28-2)20-19-18(12-4-7-14(27)8-5-12)15(11-23)21(24)30-22(19)26-25-20/h4-10,18,27H,3,24H2,1-2H3,(H,25,26)/t18-/m0/s1. The van der Waals surface area contributed by atoms with E-state index >= 15 is 0 Å². The van der Waals surface area contributed by atoms with Crippen LogP contribution in [0, 0.1) is 11.3 Å². The van der Waals surface area contributed by atoms with Crippen molar-refractivity contribution in [2.75, 3.05) is 13.7 Å². The van der Waals surface area contributed by atoms with Gasteiger partial charge in [0.1, 0.15) is 17.4 Å². The number of nitrogens with two attached hydrogens (primary N) is 1. The van der Waals surface area contributed by atoms with Crippen LogP contribution in [0.5, 0.6) is 23.1 Å². The maximum Gasteiger partial charge on any atom is 0.244 e. The highest BCUT2D eigenvalue weighted by atomic mass is 16.5. The molecule has 1 atom stereocenters. The maximum atomic E-state index is 9.77. The number of fused-ring (bicyclic) bond motifs is 1. The summed E-state index contributed by atoms with van der Waals surface area (Å²) in [6.45, 7) is 2.42. The van der Waals surface area contributed by atoms with Gasteiger partial charge in [0.15, 0.2) is 11.5 Å². The lowest BCUT2D eigenvalue weighted by Crippen LogP contribution is -2.20. The molecule has 2 aromatic carbocycles. The van der Waals surface area contributed by atoms with Crippen molar-refractivity contribution in [1.29, 1.82) is 5.26 Å². The Morgan fingerprint density at radius 1 is 1.23 bits per heavy atom. The molecule has 3 aromatic rings. The van der Waals surface area contributed by atoms with Gasteiger partial charge < -0.3 is 25.1 Å². The van der Waals surface area contributed by atoms with Crippen LogP contribution in [0.3, 0.4) is 0 Å². The van der Waals surface area contributed by atoms with E-state index in [2.05, 4.69) is 16.3 Å². The third-order valence-electron chi connectivity index (χ3n) is 4.92. The summed E-state index contributed by atoms with van der Waals surface area (Å²) in [5.41, 5.74) is 9.19. The Balaban J connectivity index is 1.89. The third-order valence-corrected chi connectivity index (χ3v) is 4.92. The zero-order valence-electron chi connectivity index (χ0n) is 16.5. The molecule has 0 spiro atoms. The highest BCUT2D eigenvalue weighted by Gasteiger charge is 2.35. The second-order valence-corrected chi connectivity index (χ2v) is 6.63. The zero-order valence-corrected chi connectivity index (χ0v) is 16.5.